The van der Waals surface area contributed by atoms with Crippen LogP contribution in [-0.2, 0) is 12.7 Å². The van der Waals surface area contributed by atoms with Gasteiger partial charge in [-0.25, -0.2) is 0 Å². The third kappa shape index (κ3) is 3.45. The van der Waals surface area contributed by atoms with Crippen LogP contribution in [-0.4, -0.2) is 20.1 Å². The maximum Gasteiger partial charge on any atom is 0.416 e. The zero-order valence-corrected chi connectivity index (χ0v) is 11.9. The summed E-state index contributed by atoms with van der Waals surface area (Å²) < 4.78 is 38.4. The fourth-order valence-electron chi connectivity index (χ4n) is 2.81. The van der Waals surface area contributed by atoms with E-state index in [2.05, 4.69) is 17.1 Å². The molecule has 1 N–H and O–H groups in total. The topological polar surface area (TPSA) is 15.3 Å². The Morgan fingerprint density at radius 3 is 2.70 bits per heavy atom. The molecule has 20 heavy (non-hydrogen) atoms. The molecular formula is C15H21F3N2. The van der Waals surface area contributed by atoms with Gasteiger partial charge in [0.2, 0.25) is 0 Å². The molecule has 0 aliphatic carbocycles. The Labute approximate surface area is 118 Å². The molecule has 1 aliphatic heterocycles. The minimum Gasteiger partial charge on any atom is -0.371 e. The van der Waals surface area contributed by atoms with Gasteiger partial charge in [-0.1, -0.05) is 6.92 Å². The Morgan fingerprint density at radius 1 is 1.35 bits per heavy atom. The lowest BCUT2D eigenvalue weighted by molar-refractivity contribution is -0.137. The highest BCUT2D eigenvalue weighted by Crippen LogP contribution is 2.34. The van der Waals surface area contributed by atoms with E-state index in [1.807, 2.05) is 0 Å². The summed E-state index contributed by atoms with van der Waals surface area (Å²) in [6, 6.07) is 4.08. The van der Waals surface area contributed by atoms with Gasteiger partial charge in [0.1, 0.15) is 0 Å². The average molecular weight is 286 g/mol. The summed E-state index contributed by atoms with van der Waals surface area (Å²) in [7, 11) is 1.75. The SMILES string of the molecule is CNCc1cc(C(F)(F)F)ccc1N1CCCC(C)C1. The fourth-order valence-corrected chi connectivity index (χ4v) is 2.81. The van der Waals surface area contributed by atoms with E-state index in [1.165, 1.54) is 18.6 Å². The van der Waals surface area contributed by atoms with Crippen LogP contribution in [0.5, 0.6) is 0 Å². The van der Waals surface area contributed by atoms with Gasteiger partial charge < -0.3 is 10.2 Å². The largest absolute Gasteiger partial charge is 0.416 e. The minimum atomic E-state index is -4.28. The highest BCUT2D eigenvalue weighted by Gasteiger charge is 2.31. The number of anilines is 1. The molecule has 0 amide bonds. The van der Waals surface area contributed by atoms with E-state index >= 15 is 0 Å². The van der Waals surface area contributed by atoms with Crippen LogP contribution in [0.3, 0.4) is 0 Å². The molecule has 1 fully saturated rings. The minimum absolute atomic E-state index is 0.449. The third-order valence-electron chi connectivity index (χ3n) is 3.77. The second-order valence-corrected chi connectivity index (χ2v) is 5.56. The highest BCUT2D eigenvalue weighted by atomic mass is 19.4. The molecule has 0 spiro atoms. The lowest BCUT2D eigenvalue weighted by Crippen LogP contribution is -2.35. The van der Waals surface area contributed by atoms with Crippen molar-refractivity contribution < 1.29 is 13.2 Å². The zero-order valence-electron chi connectivity index (χ0n) is 11.9. The molecule has 1 atom stereocenters. The first kappa shape index (κ1) is 15.2. The molecule has 1 aromatic rings. The van der Waals surface area contributed by atoms with Gasteiger partial charge in [-0.3, -0.25) is 0 Å². The lowest BCUT2D eigenvalue weighted by Gasteiger charge is -2.34. The summed E-state index contributed by atoms with van der Waals surface area (Å²) in [5, 5.41) is 2.96. The summed E-state index contributed by atoms with van der Waals surface area (Å²) in [5.74, 6) is 0.591. The van der Waals surface area contributed by atoms with E-state index < -0.39 is 11.7 Å². The average Bonchev–Trinajstić information content (AvgIpc) is 2.38. The Balaban J connectivity index is 2.32. The van der Waals surface area contributed by atoms with Gasteiger partial charge in [0, 0.05) is 25.3 Å². The van der Waals surface area contributed by atoms with Crippen molar-refractivity contribution >= 4 is 5.69 Å². The van der Waals surface area contributed by atoms with Crippen molar-refractivity contribution in [3.8, 4) is 0 Å². The number of hydrogen-bond donors (Lipinski definition) is 1. The summed E-state index contributed by atoms with van der Waals surface area (Å²) in [5.41, 5.74) is 1.08. The molecule has 2 nitrogen and oxygen atoms in total. The molecule has 0 radical (unpaired) electrons. The Morgan fingerprint density at radius 2 is 2.10 bits per heavy atom. The van der Waals surface area contributed by atoms with Crippen molar-refractivity contribution in [3.05, 3.63) is 29.3 Å². The fraction of sp³-hybridized carbons (Fsp3) is 0.600. The van der Waals surface area contributed by atoms with Crippen molar-refractivity contribution in [1.29, 1.82) is 0 Å². The summed E-state index contributed by atoms with van der Waals surface area (Å²) in [6.07, 6.45) is -1.99. The predicted molar refractivity (Wildman–Crippen MR) is 74.8 cm³/mol. The number of nitrogens with zero attached hydrogens (tertiary/aromatic N) is 1. The van der Waals surface area contributed by atoms with Crippen LogP contribution < -0.4 is 10.2 Å². The van der Waals surface area contributed by atoms with E-state index in [1.54, 1.807) is 13.1 Å². The number of piperidine rings is 1. The van der Waals surface area contributed by atoms with Crippen molar-refractivity contribution in [3.63, 3.8) is 0 Å². The number of nitrogens with one attached hydrogen (secondary N) is 1. The quantitative estimate of drug-likeness (QED) is 0.912. The number of alkyl halides is 3. The van der Waals surface area contributed by atoms with Crippen LogP contribution >= 0.6 is 0 Å². The van der Waals surface area contributed by atoms with Crippen LogP contribution in [0.1, 0.15) is 30.9 Å². The standard InChI is InChI=1S/C15H21F3N2/c1-11-4-3-7-20(10-11)14-6-5-13(15(16,17)18)8-12(14)9-19-2/h5-6,8,11,19H,3-4,7,9-10H2,1-2H3. The number of halogens is 3. The monoisotopic (exact) mass is 286 g/mol. The smallest absolute Gasteiger partial charge is 0.371 e. The third-order valence-corrected chi connectivity index (χ3v) is 3.77. The molecule has 5 heteroatoms. The Hall–Kier alpha value is -1.23. The Bertz CT molecular complexity index is 457. The summed E-state index contributed by atoms with van der Waals surface area (Å²) >= 11 is 0. The first-order chi connectivity index (χ1) is 9.41. The normalized spacial score (nSPS) is 20.2. The molecular weight excluding hydrogens is 265 g/mol. The van der Waals surface area contributed by atoms with Gasteiger partial charge in [-0.15, -0.1) is 0 Å². The second-order valence-electron chi connectivity index (χ2n) is 5.56. The molecule has 1 saturated heterocycles. The predicted octanol–water partition coefficient (Wildman–Crippen LogP) is 3.66. The maximum atomic E-state index is 12.8. The van der Waals surface area contributed by atoms with E-state index in [9.17, 15) is 13.2 Å². The first-order valence-corrected chi connectivity index (χ1v) is 7.01. The van der Waals surface area contributed by atoms with E-state index in [0.29, 0.717) is 12.5 Å². The van der Waals surface area contributed by atoms with Crippen LogP contribution in [0.4, 0.5) is 18.9 Å². The maximum absolute atomic E-state index is 12.8. The van der Waals surface area contributed by atoms with Crippen molar-refractivity contribution in [1.82, 2.24) is 5.32 Å². The lowest BCUT2D eigenvalue weighted by atomic mass is 9.98. The van der Waals surface area contributed by atoms with Crippen molar-refractivity contribution in [2.75, 3.05) is 25.0 Å². The Kier molecular flexibility index (Phi) is 4.58. The van der Waals surface area contributed by atoms with Crippen LogP contribution in [0.2, 0.25) is 0 Å². The van der Waals surface area contributed by atoms with Crippen molar-refractivity contribution in [2.24, 2.45) is 5.92 Å². The van der Waals surface area contributed by atoms with Gasteiger partial charge >= 0.3 is 6.18 Å². The summed E-state index contributed by atoms with van der Waals surface area (Å²) in [6.45, 7) is 4.48. The molecule has 1 aliphatic rings. The molecule has 1 aromatic carbocycles. The number of benzene rings is 1. The van der Waals surface area contributed by atoms with E-state index in [-0.39, 0.29) is 0 Å². The van der Waals surface area contributed by atoms with Gasteiger partial charge in [0.25, 0.3) is 0 Å². The summed E-state index contributed by atoms with van der Waals surface area (Å²) in [4.78, 5) is 2.21. The molecule has 112 valence electrons. The van der Waals surface area contributed by atoms with Gasteiger partial charge in [-0.05, 0) is 49.6 Å². The van der Waals surface area contributed by atoms with E-state index in [0.717, 1.165) is 30.8 Å². The molecule has 0 bridgehead atoms. The number of hydrogen-bond acceptors (Lipinski definition) is 2. The van der Waals surface area contributed by atoms with Gasteiger partial charge in [0.15, 0.2) is 0 Å². The number of rotatable bonds is 3. The molecule has 0 aromatic heterocycles. The molecule has 1 unspecified atom stereocenters. The zero-order chi connectivity index (χ0) is 14.8. The first-order valence-electron chi connectivity index (χ1n) is 7.01. The molecule has 2 rings (SSSR count). The van der Waals surface area contributed by atoms with Crippen LogP contribution in [0.15, 0.2) is 18.2 Å². The van der Waals surface area contributed by atoms with Gasteiger partial charge in [0.05, 0.1) is 5.56 Å². The van der Waals surface area contributed by atoms with E-state index in [4.69, 9.17) is 0 Å². The van der Waals surface area contributed by atoms with Gasteiger partial charge in [-0.2, -0.15) is 13.2 Å². The van der Waals surface area contributed by atoms with Crippen LogP contribution in [0, 0.1) is 5.92 Å². The second kappa shape index (κ2) is 6.04. The van der Waals surface area contributed by atoms with Crippen molar-refractivity contribution in [2.45, 2.75) is 32.5 Å². The molecule has 0 saturated carbocycles. The highest BCUT2D eigenvalue weighted by molar-refractivity contribution is 5.56. The van der Waals surface area contributed by atoms with Crippen LogP contribution in [0.25, 0.3) is 0 Å². The molecule has 1 heterocycles.